The summed E-state index contributed by atoms with van der Waals surface area (Å²) in [6.45, 7) is 5.93. The monoisotopic (exact) mass is 321 g/mol. The molecule has 1 rings (SSSR count). The molecule has 0 spiro atoms. The van der Waals surface area contributed by atoms with Crippen molar-refractivity contribution >= 4 is 5.91 Å². The van der Waals surface area contributed by atoms with E-state index in [0.717, 1.165) is 18.5 Å². The van der Waals surface area contributed by atoms with Crippen LogP contribution in [-0.4, -0.2) is 50.7 Å². The van der Waals surface area contributed by atoms with Crippen LogP contribution in [0.4, 0.5) is 0 Å². The van der Waals surface area contributed by atoms with E-state index < -0.39 is 0 Å². The first-order valence-corrected chi connectivity index (χ1v) is 8.30. The number of nitrogens with two attached hydrogens (primary N) is 1. The predicted octanol–water partition coefficient (Wildman–Crippen LogP) is 1.80. The number of hydrogen-bond donors (Lipinski definition) is 2. The smallest absolute Gasteiger partial charge is 0.224 e. The lowest BCUT2D eigenvalue weighted by molar-refractivity contribution is -0.125. The summed E-state index contributed by atoms with van der Waals surface area (Å²) in [6.07, 6.45) is 0.923. The van der Waals surface area contributed by atoms with Crippen LogP contribution >= 0.6 is 0 Å². The van der Waals surface area contributed by atoms with Crippen LogP contribution in [0.1, 0.15) is 31.9 Å². The Labute approximate surface area is 140 Å². The van der Waals surface area contributed by atoms with Gasteiger partial charge in [-0.2, -0.15) is 0 Å². The minimum absolute atomic E-state index is 0.0316. The van der Waals surface area contributed by atoms with Crippen molar-refractivity contribution in [2.75, 3.05) is 33.8 Å². The van der Waals surface area contributed by atoms with Crippen molar-refractivity contribution in [2.45, 2.75) is 32.4 Å². The van der Waals surface area contributed by atoms with E-state index in [9.17, 15) is 4.79 Å². The highest BCUT2D eigenvalue weighted by Gasteiger charge is 2.22. The maximum absolute atomic E-state index is 12.3. The van der Waals surface area contributed by atoms with Gasteiger partial charge in [0, 0.05) is 25.7 Å². The standard InChI is InChI=1S/C18H31N3O2/c1-5-23-16(11-12-21(3)4)13-20-18(22)14(2)17(19)15-9-7-6-8-10-15/h6-10,14,16-17H,5,11-13,19H2,1-4H3,(H,20,22). The van der Waals surface area contributed by atoms with Crippen LogP contribution in [0.2, 0.25) is 0 Å². The molecule has 0 aromatic heterocycles. The maximum atomic E-state index is 12.3. The summed E-state index contributed by atoms with van der Waals surface area (Å²) in [5, 5.41) is 2.98. The molecule has 3 atom stereocenters. The molecule has 1 aromatic carbocycles. The predicted molar refractivity (Wildman–Crippen MR) is 94.1 cm³/mol. The average molecular weight is 321 g/mol. The zero-order valence-electron chi connectivity index (χ0n) is 14.8. The third-order valence-corrected chi connectivity index (χ3v) is 3.94. The zero-order chi connectivity index (χ0) is 17.2. The fourth-order valence-electron chi connectivity index (χ4n) is 2.38. The Balaban J connectivity index is 2.49. The van der Waals surface area contributed by atoms with Crippen LogP contribution in [0, 0.1) is 5.92 Å². The Hall–Kier alpha value is -1.43. The summed E-state index contributed by atoms with van der Waals surface area (Å²) in [7, 11) is 4.06. The number of carbonyl (C=O) groups excluding carboxylic acids is 1. The Morgan fingerprint density at radius 2 is 1.96 bits per heavy atom. The third kappa shape index (κ3) is 7.12. The lowest BCUT2D eigenvalue weighted by Gasteiger charge is -2.23. The van der Waals surface area contributed by atoms with Gasteiger partial charge in [-0.3, -0.25) is 4.79 Å². The number of ether oxygens (including phenoxy) is 1. The highest BCUT2D eigenvalue weighted by atomic mass is 16.5. The molecule has 5 nitrogen and oxygen atoms in total. The topological polar surface area (TPSA) is 67.6 Å². The number of amides is 1. The van der Waals surface area contributed by atoms with E-state index in [1.165, 1.54) is 0 Å². The van der Waals surface area contributed by atoms with Gasteiger partial charge in [-0.1, -0.05) is 37.3 Å². The fourth-order valence-corrected chi connectivity index (χ4v) is 2.38. The summed E-state index contributed by atoms with van der Waals surface area (Å²) >= 11 is 0. The van der Waals surface area contributed by atoms with Gasteiger partial charge in [0.05, 0.1) is 12.0 Å². The molecule has 0 fully saturated rings. The molecule has 3 unspecified atom stereocenters. The molecule has 130 valence electrons. The van der Waals surface area contributed by atoms with Crippen molar-refractivity contribution < 1.29 is 9.53 Å². The lowest BCUT2D eigenvalue weighted by Crippen LogP contribution is -2.40. The largest absolute Gasteiger partial charge is 0.377 e. The van der Waals surface area contributed by atoms with E-state index in [4.69, 9.17) is 10.5 Å². The summed E-state index contributed by atoms with van der Waals surface area (Å²) < 4.78 is 5.70. The van der Waals surface area contributed by atoms with Crippen LogP contribution in [0.15, 0.2) is 30.3 Å². The molecular weight excluding hydrogens is 290 g/mol. The molecule has 1 aromatic rings. The van der Waals surface area contributed by atoms with Gasteiger partial charge in [0.2, 0.25) is 5.91 Å². The van der Waals surface area contributed by atoms with E-state index in [0.29, 0.717) is 13.2 Å². The minimum atomic E-state index is -0.302. The first kappa shape index (κ1) is 19.6. The number of nitrogens with one attached hydrogen (secondary N) is 1. The van der Waals surface area contributed by atoms with Crippen molar-refractivity contribution in [3.05, 3.63) is 35.9 Å². The molecule has 23 heavy (non-hydrogen) atoms. The molecule has 1 amide bonds. The number of rotatable bonds is 10. The van der Waals surface area contributed by atoms with Crippen LogP contribution in [-0.2, 0) is 9.53 Å². The second kappa shape index (κ2) is 10.4. The highest BCUT2D eigenvalue weighted by molar-refractivity contribution is 5.79. The van der Waals surface area contributed by atoms with Gasteiger partial charge >= 0.3 is 0 Å². The van der Waals surface area contributed by atoms with Gasteiger partial charge in [-0.25, -0.2) is 0 Å². The summed E-state index contributed by atoms with van der Waals surface area (Å²) in [4.78, 5) is 14.5. The van der Waals surface area contributed by atoms with E-state index >= 15 is 0 Å². The van der Waals surface area contributed by atoms with E-state index in [1.54, 1.807) is 0 Å². The van der Waals surface area contributed by atoms with Gasteiger partial charge in [-0.15, -0.1) is 0 Å². The second-order valence-electron chi connectivity index (χ2n) is 6.14. The second-order valence-corrected chi connectivity index (χ2v) is 6.14. The molecule has 0 radical (unpaired) electrons. The highest BCUT2D eigenvalue weighted by Crippen LogP contribution is 2.19. The number of hydrogen-bond acceptors (Lipinski definition) is 4. The van der Waals surface area contributed by atoms with Crippen LogP contribution in [0.3, 0.4) is 0 Å². The van der Waals surface area contributed by atoms with Gasteiger partial charge in [-0.05, 0) is 33.0 Å². The summed E-state index contributed by atoms with van der Waals surface area (Å²) in [5.74, 6) is -0.315. The number of nitrogens with zero attached hydrogens (tertiary/aromatic N) is 1. The number of benzene rings is 1. The molecule has 0 aliphatic rings. The molecule has 0 bridgehead atoms. The number of carbonyl (C=O) groups is 1. The zero-order valence-corrected chi connectivity index (χ0v) is 14.8. The molecule has 0 heterocycles. The molecule has 0 saturated carbocycles. The molecule has 0 aliphatic carbocycles. The maximum Gasteiger partial charge on any atom is 0.224 e. The lowest BCUT2D eigenvalue weighted by atomic mass is 9.94. The van der Waals surface area contributed by atoms with E-state index in [-0.39, 0.29) is 24.0 Å². The van der Waals surface area contributed by atoms with Crippen LogP contribution < -0.4 is 11.1 Å². The molecule has 3 N–H and O–H groups in total. The molecule has 5 heteroatoms. The van der Waals surface area contributed by atoms with Crippen molar-refractivity contribution in [3.8, 4) is 0 Å². The van der Waals surface area contributed by atoms with Gasteiger partial charge in [0.25, 0.3) is 0 Å². The normalized spacial score (nSPS) is 15.2. The fraction of sp³-hybridized carbons (Fsp3) is 0.611. The molecular formula is C18H31N3O2. The first-order chi connectivity index (χ1) is 11.0. The van der Waals surface area contributed by atoms with Gasteiger partial charge in [0.15, 0.2) is 0 Å². The third-order valence-electron chi connectivity index (χ3n) is 3.94. The van der Waals surface area contributed by atoms with Gasteiger partial charge < -0.3 is 20.7 Å². The Bertz CT molecular complexity index is 451. The molecule has 0 saturated heterocycles. The van der Waals surface area contributed by atoms with Crippen molar-refractivity contribution in [1.82, 2.24) is 10.2 Å². The molecule has 0 aliphatic heterocycles. The van der Waals surface area contributed by atoms with Crippen LogP contribution in [0.25, 0.3) is 0 Å². The summed E-state index contributed by atoms with van der Waals surface area (Å²) in [6, 6.07) is 9.42. The van der Waals surface area contributed by atoms with Crippen molar-refractivity contribution in [2.24, 2.45) is 11.7 Å². The Morgan fingerprint density at radius 1 is 1.30 bits per heavy atom. The van der Waals surface area contributed by atoms with E-state index in [2.05, 4.69) is 10.2 Å². The van der Waals surface area contributed by atoms with Crippen LogP contribution in [0.5, 0.6) is 0 Å². The van der Waals surface area contributed by atoms with Gasteiger partial charge in [0.1, 0.15) is 0 Å². The Kier molecular flexibility index (Phi) is 8.84. The van der Waals surface area contributed by atoms with E-state index in [1.807, 2.05) is 58.3 Å². The average Bonchev–Trinajstić information content (AvgIpc) is 2.56. The van der Waals surface area contributed by atoms with Crippen molar-refractivity contribution in [1.29, 1.82) is 0 Å². The first-order valence-electron chi connectivity index (χ1n) is 8.30. The Morgan fingerprint density at radius 3 is 2.52 bits per heavy atom. The van der Waals surface area contributed by atoms with Crippen molar-refractivity contribution in [3.63, 3.8) is 0 Å². The SMILES string of the molecule is CCOC(CCN(C)C)CNC(=O)C(C)C(N)c1ccccc1. The summed E-state index contributed by atoms with van der Waals surface area (Å²) in [5.41, 5.74) is 7.18. The quantitative estimate of drug-likeness (QED) is 0.689. The minimum Gasteiger partial charge on any atom is -0.377 e.